The van der Waals surface area contributed by atoms with Crippen molar-refractivity contribution in [2.75, 3.05) is 14.2 Å². The fourth-order valence-corrected chi connectivity index (χ4v) is 6.46. The van der Waals surface area contributed by atoms with E-state index in [1.807, 2.05) is 6.07 Å². The second-order valence-corrected chi connectivity index (χ2v) is 11.5. The Balaban J connectivity index is 1.62. The summed E-state index contributed by atoms with van der Waals surface area (Å²) in [5.74, 6) is -1.98. The number of aromatic hydroxyl groups is 1. The molecule has 43 heavy (non-hydrogen) atoms. The van der Waals surface area contributed by atoms with Crippen LogP contribution in [-0.4, -0.2) is 63.0 Å². The van der Waals surface area contributed by atoms with Gasteiger partial charge < -0.3 is 24.8 Å². The minimum Gasteiger partial charge on any atom is -0.508 e. The second kappa shape index (κ2) is 12.2. The van der Waals surface area contributed by atoms with Gasteiger partial charge in [-0.05, 0) is 41.5 Å². The topological polar surface area (TPSA) is 173 Å². The number of carboxylic acids is 2. The number of methoxy groups -OCH3 is 2. The van der Waals surface area contributed by atoms with Gasteiger partial charge in [0.05, 0.1) is 47.5 Å². The minimum absolute atomic E-state index is 0.00103. The van der Waals surface area contributed by atoms with Crippen LogP contribution in [0.5, 0.6) is 17.2 Å². The number of ketones is 2. The Morgan fingerprint density at radius 1 is 0.651 bits per heavy atom. The van der Waals surface area contributed by atoms with Crippen LogP contribution in [0.3, 0.4) is 0 Å². The van der Waals surface area contributed by atoms with Crippen molar-refractivity contribution in [3.05, 3.63) is 52.5 Å². The van der Waals surface area contributed by atoms with E-state index in [-0.39, 0.29) is 53.0 Å². The molecule has 0 radical (unpaired) electrons. The smallest absolute Gasteiger partial charge is 0.303 e. The van der Waals surface area contributed by atoms with E-state index in [0.29, 0.717) is 54.2 Å². The Bertz CT molecular complexity index is 1930. The van der Waals surface area contributed by atoms with Crippen LogP contribution in [-0.2, 0) is 9.59 Å². The number of phenols is 1. The molecule has 11 nitrogen and oxygen atoms in total. The van der Waals surface area contributed by atoms with Crippen molar-refractivity contribution in [2.45, 2.75) is 25.7 Å². The third kappa shape index (κ3) is 6.17. The van der Waals surface area contributed by atoms with Crippen LogP contribution in [0.25, 0.3) is 42.7 Å². The number of carbonyl (C=O) groups excluding carboxylic acids is 2. The quantitative estimate of drug-likeness (QED) is 0.138. The molecule has 2 aromatic heterocycles. The Kier molecular flexibility index (Phi) is 8.37. The summed E-state index contributed by atoms with van der Waals surface area (Å²) in [6.07, 6.45) is -0.902. The number of aromatic nitrogens is 2. The summed E-state index contributed by atoms with van der Waals surface area (Å²) >= 11 is 2.29. The molecule has 0 bridgehead atoms. The predicted octanol–water partition coefficient (Wildman–Crippen LogP) is 6.06. The molecule has 0 fully saturated rings. The van der Waals surface area contributed by atoms with Crippen molar-refractivity contribution in [3.8, 4) is 39.5 Å². The van der Waals surface area contributed by atoms with Crippen LogP contribution >= 0.6 is 22.7 Å². The van der Waals surface area contributed by atoms with Crippen molar-refractivity contribution in [1.29, 1.82) is 0 Å². The number of rotatable bonds is 12. The Morgan fingerprint density at radius 3 is 1.56 bits per heavy atom. The number of phenolic OH excluding ortho intramolecular Hbond substituents is 1. The molecule has 3 N–H and O–H groups in total. The van der Waals surface area contributed by atoms with E-state index < -0.39 is 11.9 Å². The maximum absolute atomic E-state index is 12.6. The molecule has 0 aliphatic heterocycles. The molecule has 0 aliphatic carbocycles. The summed E-state index contributed by atoms with van der Waals surface area (Å²) in [4.78, 5) is 55.7. The van der Waals surface area contributed by atoms with E-state index in [1.165, 1.54) is 20.3 Å². The number of aliphatic carboxylic acids is 2. The third-order valence-corrected chi connectivity index (χ3v) is 8.73. The number of benzene rings is 3. The summed E-state index contributed by atoms with van der Waals surface area (Å²) in [5, 5.41) is 28.7. The predicted molar refractivity (Wildman–Crippen MR) is 161 cm³/mol. The normalized spacial score (nSPS) is 11.1. The average Bonchev–Trinajstić information content (AvgIpc) is 3.60. The molecule has 3 aromatic carbocycles. The monoisotopic (exact) mass is 620 g/mol. The van der Waals surface area contributed by atoms with Gasteiger partial charge in [-0.3, -0.25) is 19.2 Å². The van der Waals surface area contributed by atoms with Crippen molar-refractivity contribution >= 4 is 66.6 Å². The molecule has 0 aliphatic rings. The standard InChI is InChI=1S/C30H24N2O9S2/c1-40-23-12-19-25(42-29(31-19)21(34)5-7-27(36)37)10-17(23)15-4-3-14(33)9-16(15)18-11-26-20(13-24(18)41-2)32-30(43-26)22(35)6-8-28(38)39/h3-4,9-13,33H,5-8H2,1-2H3,(H,36,37)(H,38,39). The van der Waals surface area contributed by atoms with Gasteiger partial charge in [0.15, 0.2) is 21.6 Å². The minimum atomic E-state index is -1.07. The third-order valence-electron chi connectivity index (χ3n) is 6.61. The molecule has 0 spiro atoms. The van der Waals surface area contributed by atoms with Gasteiger partial charge in [0.1, 0.15) is 17.2 Å². The first-order valence-electron chi connectivity index (χ1n) is 12.9. The number of nitrogens with zero attached hydrogens (tertiary/aromatic N) is 2. The van der Waals surface area contributed by atoms with Crippen LogP contribution in [0.15, 0.2) is 42.5 Å². The van der Waals surface area contributed by atoms with E-state index in [4.69, 9.17) is 19.7 Å². The zero-order valence-corrected chi connectivity index (χ0v) is 24.5. The zero-order valence-electron chi connectivity index (χ0n) is 22.9. The van der Waals surface area contributed by atoms with Gasteiger partial charge in [-0.15, -0.1) is 22.7 Å². The van der Waals surface area contributed by atoms with Crippen LogP contribution in [0.1, 0.15) is 45.3 Å². The fraction of sp³-hybridized carbons (Fsp3) is 0.200. The van der Waals surface area contributed by atoms with Crippen molar-refractivity contribution in [1.82, 2.24) is 9.97 Å². The molecule has 2 heterocycles. The van der Waals surface area contributed by atoms with Crippen LogP contribution in [0, 0.1) is 0 Å². The SMILES string of the molecule is COc1cc2nc(C(=O)CCC(=O)O)sc2cc1-c1ccc(O)cc1-c1cc2sc(C(=O)CCC(=O)O)nc2cc1OC. The number of Topliss-reactive ketones (excluding diaryl/α,β-unsaturated/α-hetero) is 2. The molecule has 0 saturated carbocycles. The van der Waals surface area contributed by atoms with Gasteiger partial charge in [-0.1, -0.05) is 0 Å². The summed E-state index contributed by atoms with van der Waals surface area (Å²) in [7, 11) is 2.99. The number of ether oxygens (including phenoxy) is 2. The van der Waals surface area contributed by atoms with Crippen molar-refractivity contribution < 1.29 is 44.0 Å². The van der Waals surface area contributed by atoms with Gasteiger partial charge in [-0.25, -0.2) is 9.97 Å². The Labute approximate surface area is 252 Å². The van der Waals surface area contributed by atoms with Crippen molar-refractivity contribution in [3.63, 3.8) is 0 Å². The Hall–Kier alpha value is -4.88. The van der Waals surface area contributed by atoms with Crippen LogP contribution in [0.2, 0.25) is 0 Å². The summed E-state index contributed by atoms with van der Waals surface area (Å²) in [6.45, 7) is 0. The summed E-state index contributed by atoms with van der Waals surface area (Å²) in [6, 6.07) is 11.8. The van der Waals surface area contributed by atoms with E-state index >= 15 is 0 Å². The van der Waals surface area contributed by atoms with E-state index in [0.717, 1.165) is 22.7 Å². The number of hydrogen-bond donors (Lipinski definition) is 3. The lowest BCUT2D eigenvalue weighted by atomic mass is 9.93. The Morgan fingerprint density at radius 2 is 1.12 bits per heavy atom. The highest BCUT2D eigenvalue weighted by molar-refractivity contribution is 7.20. The lowest BCUT2D eigenvalue weighted by Crippen LogP contribution is -2.03. The van der Waals surface area contributed by atoms with Gasteiger partial charge in [0.25, 0.3) is 0 Å². The number of fused-ring (bicyclic) bond motifs is 2. The van der Waals surface area contributed by atoms with E-state index in [9.17, 15) is 24.3 Å². The zero-order chi connectivity index (χ0) is 30.8. The van der Waals surface area contributed by atoms with Crippen molar-refractivity contribution in [2.24, 2.45) is 0 Å². The lowest BCUT2D eigenvalue weighted by Gasteiger charge is -2.16. The highest BCUT2D eigenvalue weighted by Gasteiger charge is 2.22. The van der Waals surface area contributed by atoms with E-state index in [1.54, 1.807) is 30.3 Å². The van der Waals surface area contributed by atoms with Crippen LogP contribution < -0.4 is 9.47 Å². The highest BCUT2D eigenvalue weighted by atomic mass is 32.1. The molecule has 0 atom stereocenters. The largest absolute Gasteiger partial charge is 0.508 e. The van der Waals surface area contributed by atoms with Gasteiger partial charge in [0, 0.05) is 36.1 Å². The molecule has 0 unspecified atom stereocenters. The number of thiazole rings is 2. The first-order chi connectivity index (χ1) is 20.6. The maximum atomic E-state index is 12.6. The van der Waals surface area contributed by atoms with E-state index in [2.05, 4.69) is 9.97 Å². The average molecular weight is 621 g/mol. The molecule has 0 amide bonds. The molecule has 5 aromatic rings. The number of carboxylic acid groups (broad SMARTS) is 2. The number of carbonyl (C=O) groups is 4. The second-order valence-electron chi connectivity index (χ2n) is 9.44. The molecule has 0 saturated heterocycles. The molecular weight excluding hydrogens is 596 g/mol. The molecule has 13 heteroatoms. The molecule has 5 rings (SSSR count). The van der Waals surface area contributed by atoms with Gasteiger partial charge >= 0.3 is 11.9 Å². The summed E-state index contributed by atoms with van der Waals surface area (Å²) in [5.41, 5.74) is 3.54. The number of hydrogen-bond acceptors (Lipinski definition) is 11. The first kappa shape index (κ1) is 29.6. The first-order valence-corrected chi connectivity index (χ1v) is 14.5. The molecule has 220 valence electrons. The summed E-state index contributed by atoms with van der Waals surface area (Å²) < 4.78 is 12.7. The molecular formula is C30H24N2O9S2. The highest BCUT2D eigenvalue weighted by Crippen LogP contribution is 2.45. The van der Waals surface area contributed by atoms with Gasteiger partial charge in [-0.2, -0.15) is 0 Å². The van der Waals surface area contributed by atoms with Crippen LogP contribution in [0.4, 0.5) is 0 Å². The van der Waals surface area contributed by atoms with Gasteiger partial charge in [0.2, 0.25) is 0 Å². The lowest BCUT2D eigenvalue weighted by molar-refractivity contribution is -0.137. The fourth-order valence-electron chi connectivity index (χ4n) is 4.55. The maximum Gasteiger partial charge on any atom is 0.303 e.